The number of rotatable bonds is 2. The molecular weight excluding hydrogens is 244 g/mol. The molecule has 1 aliphatic heterocycles. The predicted octanol–water partition coefficient (Wildman–Crippen LogP) is 2.57. The van der Waals surface area contributed by atoms with Gasteiger partial charge in [-0.2, -0.15) is 0 Å². The molecule has 0 fully saturated rings. The average molecular weight is 258 g/mol. The number of esters is 1. The summed E-state index contributed by atoms with van der Waals surface area (Å²) >= 11 is 0. The molecule has 0 aliphatic carbocycles. The number of carbonyl (C=O) groups excluding carboxylic acids is 2. The predicted molar refractivity (Wildman–Crippen MR) is 70.0 cm³/mol. The number of allylic oxidation sites excluding steroid dienone is 3. The summed E-state index contributed by atoms with van der Waals surface area (Å²) in [6.07, 6.45) is 4.31. The summed E-state index contributed by atoms with van der Waals surface area (Å²) in [5.41, 5.74) is 1.37. The monoisotopic (exact) mass is 258 g/mol. The Morgan fingerprint density at radius 3 is 2.89 bits per heavy atom. The van der Waals surface area contributed by atoms with E-state index in [9.17, 15) is 9.59 Å². The summed E-state index contributed by atoms with van der Waals surface area (Å²) in [4.78, 5) is 23.6. The molecule has 0 aromatic heterocycles. The van der Waals surface area contributed by atoms with Crippen LogP contribution < -0.4 is 4.74 Å². The Morgan fingerprint density at radius 1 is 1.37 bits per heavy atom. The second-order valence-electron chi connectivity index (χ2n) is 4.08. The van der Waals surface area contributed by atoms with E-state index in [0.29, 0.717) is 11.3 Å². The fraction of sp³-hybridized carbons (Fsp3) is 0.200. The lowest BCUT2D eigenvalue weighted by Crippen LogP contribution is -2.15. The van der Waals surface area contributed by atoms with Gasteiger partial charge in [-0.15, -0.1) is 0 Å². The van der Waals surface area contributed by atoms with Crippen LogP contribution in [0.3, 0.4) is 0 Å². The molecule has 0 radical (unpaired) electrons. The van der Waals surface area contributed by atoms with E-state index >= 15 is 0 Å². The number of benzene rings is 1. The van der Waals surface area contributed by atoms with Gasteiger partial charge in [-0.3, -0.25) is 4.79 Å². The smallest absolute Gasteiger partial charge is 0.374 e. The van der Waals surface area contributed by atoms with Gasteiger partial charge in [0.25, 0.3) is 0 Å². The molecule has 0 unspecified atom stereocenters. The highest BCUT2D eigenvalue weighted by Crippen LogP contribution is 2.25. The van der Waals surface area contributed by atoms with Gasteiger partial charge in [0.05, 0.1) is 12.2 Å². The lowest BCUT2D eigenvalue weighted by atomic mass is 10.1. The zero-order chi connectivity index (χ0) is 13.8. The van der Waals surface area contributed by atoms with Crippen LogP contribution in [-0.4, -0.2) is 18.4 Å². The van der Waals surface area contributed by atoms with E-state index in [-0.39, 0.29) is 18.1 Å². The van der Waals surface area contributed by atoms with E-state index in [4.69, 9.17) is 9.47 Å². The third-order valence-corrected chi connectivity index (χ3v) is 2.59. The Labute approximate surface area is 111 Å². The molecule has 19 heavy (non-hydrogen) atoms. The highest BCUT2D eigenvalue weighted by Gasteiger charge is 2.18. The fourth-order valence-electron chi connectivity index (χ4n) is 1.69. The Kier molecular flexibility index (Phi) is 3.80. The van der Waals surface area contributed by atoms with Crippen molar-refractivity contribution in [2.75, 3.05) is 6.61 Å². The topological polar surface area (TPSA) is 52.6 Å². The quantitative estimate of drug-likeness (QED) is 0.765. The first-order chi connectivity index (χ1) is 9.11. The van der Waals surface area contributed by atoms with Gasteiger partial charge >= 0.3 is 5.97 Å². The molecule has 2 rings (SSSR count). The Bertz CT molecular complexity index is 582. The van der Waals surface area contributed by atoms with Gasteiger partial charge in [-0.05, 0) is 43.7 Å². The van der Waals surface area contributed by atoms with Gasteiger partial charge in [0, 0.05) is 0 Å². The number of aryl methyl sites for hydroxylation is 1. The zero-order valence-electron chi connectivity index (χ0n) is 10.8. The number of ether oxygens (including phenoxy) is 2. The first kappa shape index (κ1) is 13.1. The maximum absolute atomic E-state index is 11.9. The summed E-state index contributed by atoms with van der Waals surface area (Å²) < 4.78 is 10.4. The van der Waals surface area contributed by atoms with Crippen LogP contribution in [0.1, 0.15) is 22.8 Å². The third-order valence-electron chi connectivity index (χ3n) is 2.59. The zero-order valence-corrected chi connectivity index (χ0v) is 10.8. The van der Waals surface area contributed by atoms with Crippen molar-refractivity contribution in [1.29, 1.82) is 0 Å². The number of fused-ring (bicyclic) bond motifs is 1. The Hall–Kier alpha value is -2.36. The van der Waals surface area contributed by atoms with Crippen molar-refractivity contribution < 1.29 is 19.1 Å². The van der Waals surface area contributed by atoms with Crippen molar-refractivity contribution >= 4 is 11.8 Å². The van der Waals surface area contributed by atoms with Crippen molar-refractivity contribution in [3.63, 3.8) is 0 Å². The summed E-state index contributed by atoms with van der Waals surface area (Å²) in [5, 5.41) is 0. The molecule has 98 valence electrons. The normalized spacial score (nSPS) is 18.2. The van der Waals surface area contributed by atoms with Crippen molar-refractivity contribution in [3.8, 4) is 5.75 Å². The van der Waals surface area contributed by atoms with Gasteiger partial charge in [-0.25, -0.2) is 4.79 Å². The second-order valence-corrected chi connectivity index (χ2v) is 4.08. The molecule has 1 heterocycles. The minimum Gasteiger partial charge on any atom is -0.460 e. The lowest BCUT2D eigenvalue weighted by Gasteiger charge is -2.13. The first-order valence-electron chi connectivity index (χ1n) is 6.00. The Morgan fingerprint density at radius 2 is 2.16 bits per heavy atom. The molecule has 0 saturated carbocycles. The standard InChI is InChI=1S/C15H14O4/c1-3-18-15(17)13-6-4-5-12(16)11-8-7-10(2)9-14(11)19-13/h4-9H,3H2,1-2H3/b5-4-,13-6-. The number of ketones is 1. The van der Waals surface area contributed by atoms with Crippen molar-refractivity contribution in [2.24, 2.45) is 0 Å². The van der Waals surface area contributed by atoms with Crippen LogP contribution in [0.2, 0.25) is 0 Å². The molecular formula is C15H14O4. The van der Waals surface area contributed by atoms with Gasteiger partial charge in [-0.1, -0.05) is 12.1 Å². The van der Waals surface area contributed by atoms with E-state index < -0.39 is 5.97 Å². The SMILES string of the molecule is CCOC(=O)/C1=C/C=C\C(=O)c2ccc(C)cc2O1. The molecule has 1 aromatic rings. The van der Waals surface area contributed by atoms with Gasteiger partial charge in [0.2, 0.25) is 5.76 Å². The van der Waals surface area contributed by atoms with Crippen molar-refractivity contribution in [2.45, 2.75) is 13.8 Å². The molecule has 0 spiro atoms. The van der Waals surface area contributed by atoms with Crippen LogP contribution in [0.15, 0.2) is 42.2 Å². The number of carbonyl (C=O) groups is 2. The van der Waals surface area contributed by atoms with E-state index in [1.807, 2.05) is 13.0 Å². The molecule has 4 heteroatoms. The molecule has 0 amide bonds. The molecule has 0 saturated heterocycles. The van der Waals surface area contributed by atoms with E-state index in [0.717, 1.165) is 5.56 Å². The van der Waals surface area contributed by atoms with Crippen molar-refractivity contribution in [1.82, 2.24) is 0 Å². The molecule has 0 N–H and O–H groups in total. The summed E-state index contributed by atoms with van der Waals surface area (Å²) in [6, 6.07) is 5.23. The first-order valence-corrected chi connectivity index (χ1v) is 6.00. The molecule has 0 atom stereocenters. The maximum Gasteiger partial charge on any atom is 0.374 e. The van der Waals surface area contributed by atoms with Crippen molar-refractivity contribution in [3.05, 3.63) is 53.3 Å². The third kappa shape index (κ3) is 2.91. The lowest BCUT2D eigenvalue weighted by molar-refractivity contribution is -0.141. The second kappa shape index (κ2) is 5.52. The summed E-state index contributed by atoms with van der Waals surface area (Å²) in [7, 11) is 0. The van der Waals surface area contributed by atoms with E-state index in [1.165, 1.54) is 18.2 Å². The van der Waals surface area contributed by atoms with Gasteiger partial charge in [0.1, 0.15) is 5.75 Å². The van der Waals surface area contributed by atoms with Crippen LogP contribution in [-0.2, 0) is 9.53 Å². The maximum atomic E-state index is 11.9. The molecule has 4 nitrogen and oxygen atoms in total. The summed E-state index contributed by atoms with van der Waals surface area (Å²) in [5.74, 6) is -0.269. The fourth-order valence-corrected chi connectivity index (χ4v) is 1.69. The van der Waals surface area contributed by atoms with E-state index in [2.05, 4.69) is 0 Å². The van der Waals surface area contributed by atoms with Crippen LogP contribution in [0.5, 0.6) is 5.75 Å². The van der Waals surface area contributed by atoms with Crippen LogP contribution in [0.25, 0.3) is 0 Å². The van der Waals surface area contributed by atoms with Crippen LogP contribution >= 0.6 is 0 Å². The number of hydrogen-bond acceptors (Lipinski definition) is 4. The molecule has 1 aromatic carbocycles. The molecule has 0 bridgehead atoms. The van der Waals surface area contributed by atoms with Gasteiger partial charge in [0.15, 0.2) is 5.78 Å². The largest absolute Gasteiger partial charge is 0.460 e. The minimum absolute atomic E-state index is 0.0671. The van der Waals surface area contributed by atoms with Crippen LogP contribution in [0, 0.1) is 6.92 Å². The van der Waals surface area contributed by atoms with Gasteiger partial charge < -0.3 is 9.47 Å². The average Bonchev–Trinajstić information content (AvgIpc) is 2.35. The highest BCUT2D eigenvalue weighted by atomic mass is 16.6. The van der Waals surface area contributed by atoms with Crippen LogP contribution in [0.4, 0.5) is 0 Å². The molecule has 1 aliphatic rings. The number of hydrogen-bond donors (Lipinski definition) is 0. The highest BCUT2D eigenvalue weighted by molar-refractivity contribution is 6.07. The minimum atomic E-state index is -0.547. The summed E-state index contributed by atoms with van der Waals surface area (Å²) in [6.45, 7) is 3.87. The Balaban J connectivity index is 2.42. The van der Waals surface area contributed by atoms with E-state index in [1.54, 1.807) is 19.1 Å².